The number of fused-ring (bicyclic) bond motifs is 2. The first-order chi connectivity index (χ1) is 30.3. The predicted octanol–water partition coefficient (Wildman–Crippen LogP) is 5.16. The van der Waals surface area contributed by atoms with Crippen LogP contribution in [0.2, 0.25) is 0 Å². The Morgan fingerprint density at radius 1 is 0.905 bits per heavy atom. The van der Waals surface area contributed by atoms with Crippen molar-refractivity contribution in [1.29, 1.82) is 0 Å². The second-order valence-electron chi connectivity index (χ2n) is 19.1. The summed E-state index contributed by atoms with van der Waals surface area (Å²) in [5, 5.41) is 13.5. The highest BCUT2D eigenvalue weighted by molar-refractivity contribution is 6.00. The molecule has 0 radical (unpaired) electrons. The van der Waals surface area contributed by atoms with E-state index in [1.165, 1.54) is 28.2 Å². The van der Waals surface area contributed by atoms with Gasteiger partial charge < -0.3 is 39.7 Å². The number of nitrogens with one attached hydrogen (secondary N) is 1. The van der Waals surface area contributed by atoms with Crippen LogP contribution in [0.25, 0.3) is 33.8 Å². The Morgan fingerprint density at radius 3 is 2.37 bits per heavy atom. The van der Waals surface area contributed by atoms with Gasteiger partial charge in [0.05, 0.1) is 42.0 Å². The lowest BCUT2D eigenvalue weighted by Gasteiger charge is -2.50. The Labute approximate surface area is 366 Å². The van der Waals surface area contributed by atoms with Crippen LogP contribution in [0, 0.1) is 5.92 Å². The Balaban J connectivity index is 0.693. The van der Waals surface area contributed by atoms with Crippen LogP contribution in [0.3, 0.4) is 0 Å². The molecule has 0 unspecified atom stereocenters. The molecule has 4 aromatic heterocycles. The van der Waals surface area contributed by atoms with Gasteiger partial charge in [-0.15, -0.1) is 0 Å². The van der Waals surface area contributed by atoms with Gasteiger partial charge in [0.1, 0.15) is 29.6 Å². The number of hydrogen-bond acceptors (Lipinski definition) is 15. The second kappa shape index (κ2) is 15.9. The summed E-state index contributed by atoms with van der Waals surface area (Å²) in [5.41, 5.74) is 12.4. The topological polar surface area (TPSA) is 199 Å². The number of anilines is 3. The number of likely N-dealkylation sites (tertiary alicyclic amines) is 2. The maximum Gasteiger partial charge on any atom is 0.410 e. The minimum atomic E-state index is -0.526. The fraction of sp³-hybridized carbons (Fsp3) is 0.556. The van der Waals surface area contributed by atoms with Gasteiger partial charge >= 0.3 is 6.09 Å². The molecular formula is C45H57N13O5. The number of piperidine rings is 1. The number of amides is 2. The molecule has 8 heterocycles. The monoisotopic (exact) mass is 859 g/mol. The van der Waals surface area contributed by atoms with Crippen molar-refractivity contribution >= 4 is 40.2 Å². The number of nitrogens with zero attached hydrogens (tertiary/aromatic N) is 11. The first-order valence-corrected chi connectivity index (χ1v) is 22.4. The van der Waals surface area contributed by atoms with Crippen molar-refractivity contribution < 1.29 is 23.6 Å². The van der Waals surface area contributed by atoms with E-state index in [-0.39, 0.29) is 30.1 Å². The van der Waals surface area contributed by atoms with E-state index in [0.717, 1.165) is 64.8 Å². The molecule has 0 atom stereocenters. The van der Waals surface area contributed by atoms with Crippen LogP contribution in [-0.4, -0.2) is 139 Å². The van der Waals surface area contributed by atoms with Gasteiger partial charge in [0, 0.05) is 74.2 Å². The maximum absolute atomic E-state index is 13.2. The van der Waals surface area contributed by atoms with E-state index in [0.29, 0.717) is 83.2 Å². The largest absolute Gasteiger partial charge is 0.483 e. The van der Waals surface area contributed by atoms with Crippen molar-refractivity contribution in [1.82, 2.24) is 49.6 Å². The average molecular weight is 860 g/mol. The summed E-state index contributed by atoms with van der Waals surface area (Å²) in [6.07, 6.45) is 8.74. The molecule has 2 amide bonds. The third-order valence-electron chi connectivity index (χ3n) is 13.7. The molecule has 4 aliphatic heterocycles. The molecular weight excluding hydrogens is 803 g/mol. The number of carbonyl (C=O) groups excluding carboxylic acids is 2. The molecule has 4 fully saturated rings. The van der Waals surface area contributed by atoms with Crippen LogP contribution >= 0.6 is 0 Å². The number of rotatable bonds is 10. The number of piperazine rings is 1. The Hall–Kier alpha value is -6.04. The first-order valence-electron chi connectivity index (χ1n) is 22.4. The molecule has 63 heavy (non-hydrogen) atoms. The quantitative estimate of drug-likeness (QED) is 0.187. The molecule has 5 aromatic rings. The van der Waals surface area contributed by atoms with E-state index in [9.17, 15) is 9.59 Å². The molecule has 3 saturated heterocycles. The van der Waals surface area contributed by atoms with Gasteiger partial charge in [0.15, 0.2) is 29.6 Å². The van der Waals surface area contributed by atoms with Crippen LogP contribution in [-0.2, 0) is 21.5 Å². The van der Waals surface area contributed by atoms with E-state index >= 15 is 0 Å². The summed E-state index contributed by atoms with van der Waals surface area (Å²) in [7, 11) is 0. The normalized spacial score (nSPS) is 19.0. The van der Waals surface area contributed by atoms with Crippen molar-refractivity contribution in [2.24, 2.45) is 5.92 Å². The molecule has 18 nitrogen and oxygen atoms in total. The van der Waals surface area contributed by atoms with Gasteiger partial charge in [-0.2, -0.15) is 5.10 Å². The summed E-state index contributed by atoms with van der Waals surface area (Å²) in [6.45, 7) is 17.6. The summed E-state index contributed by atoms with van der Waals surface area (Å²) in [6, 6.07) is 6.62. The van der Waals surface area contributed by atoms with E-state index < -0.39 is 11.6 Å². The van der Waals surface area contributed by atoms with Crippen LogP contribution in [0.4, 0.5) is 22.0 Å². The summed E-state index contributed by atoms with van der Waals surface area (Å²) < 4.78 is 19.3. The van der Waals surface area contributed by atoms with Gasteiger partial charge in [-0.05, 0) is 84.8 Å². The van der Waals surface area contributed by atoms with E-state index in [1.807, 2.05) is 30.4 Å². The molecule has 5 aliphatic rings. The molecule has 1 aliphatic carbocycles. The number of carbonyl (C=O) groups is 2. The number of nitrogen functional groups attached to an aromatic ring is 1. The van der Waals surface area contributed by atoms with Crippen molar-refractivity contribution in [2.45, 2.75) is 89.8 Å². The minimum absolute atomic E-state index is 0.0253. The molecule has 3 N–H and O–H groups in total. The van der Waals surface area contributed by atoms with E-state index in [1.54, 1.807) is 12.4 Å². The smallest absolute Gasteiger partial charge is 0.410 e. The third-order valence-corrected chi connectivity index (χ3v) is 13.7. The third kappa shape index (κ3) is 7.75. The summed E-state index contributed by atoms with van der Waals surface area (Å²) in [4.78, 5) is 52.7. The van der Waals surface area contributed by atoms with Gasteiger partial charge in [0.25, 0.3) is 5.91 Å². The van der Waals surface area contributed by atoms with Crippen molar-refractivity contribution in [3.8, 4) is 28.5 Å². The van der Waals surface area contributed by atoms with Crippen LogP contribution in [0.15, 0.2) is 41.4 Å². The Kier molecular flexibility index (Phi) is 10.4. The lowest BCUT2D eigenvalue weighted by Crippen LogP contribution is -2.59. The second-order valence-corrected chi connectivity index (χ2v) is 19.1. The SMILES string of the molecule is CC(C)(C1CCN(C(=O)COC(=O)N2CC(Oc3cnc(-c4c(-c5nn(C(C)(C)C)c6ncnc(N)c56)noc4C4CC4)nc3)C2)CC1)N1CCN(c2cccc3c2CCN3)CC1. The minimum Gasteiger partial charge on any atom is -0.483 e. The average Bonchev–Trinajstić information content (AvgIpc) is 3.62. The fourth-order valence-electron chi connectivity index (χ4n) is 9.82. The van der Waals surface area contributed by atoms with Crippen molar-refractivity contribution in [2.75, 3.05) is 81.5 Å². The molecule has 18 heteroatoms. The van der Waals surface area contributed by atoms with E-state index in [4.69, 9.17) is 24.8 Å². The molecule has 0 bridgehead atoms. The van der Waals surface area contributed by atoms with Crippen LogP contribution < -0.4 is 20.7 Å². The molecule has 1 saturated carbocycles. The van der Waals surface area contributed by atoms with E-state index in [2.05, 4.69) is 72.3 Å². The van der Waals surface area contributed by atoms with Crippen LogP contribution in [0.5, 0.6) is 5.75 Å². The molecule has 10 rings (SSSR count). The predicted molar refractivity (Wildman–Crippen MR) is 236 cm³/mol. The molecule has 1 aromatic carbocycles. The van der Waals surface area contributed by atoms with Crippen molar-refractivity contribution in [3.05, 3.63) is 48.2 Å². The lowest BCUT2D eigenvalue weighted by molar-refractivity contribution is -0.137. The zero-order valence-corrected chi connectivity index (χ0v) is 36.8. The van der Waals surface area contributed by atoms with Gasteiger partial charge in [0.2, 0.25) is 0 Å². The zero-order valence-electron chi connectivity index (χ0n) is 36.8. The van der Waals surface area contributed by atoms with Crippen molar-refractivity contribution in [3.63, 3.8) is 0 Å². The number of ether oxygens (including phenoxy) is 2. The fourth-order valence-corrected chi connectivity index (χ4v) is 9.82. The number of nitrogens with two attached hydrogens (primary N) is 1. The highest BCUT2D eigenvalue weighted by Gasteiger charge is 2.41. The van der Waals surface area contributed by atoms with Gasteiger partial charge in [-0.1, -0.05) is 11.2 Å². The number of aromatic nitrogens is 7. The maximum atomic E-state index is 13.2. The van der Waals surface area contributed by atoms with Gasteiger partial charge in [-0.25, -0.2) is 29.4 Å². The standard InChI is InChI=1S/C45H57N13O5/c1-44(2,3)58-42-36(40(46)50-26-51-42)37(52-58)38-35(39(63-53-38)27-9-10-27)41-48-21-29(22-49-41)62-30-23-56(24-30)43(60)61-25-34(59)55-15-12-28(13-16-55)45(4,5)57-19-17-54(18-20-57)33-8-6-7-32-31(33)11-14-47-32/h6-8,21-22,26-28,30,47H,9-20,23-25H2,1-5H3,(H2,46,50,51). The van der Waals surface area contributed by atoms with Crippen LogP contribution in [0.1, 0.15) is 77.5 Å². The Bertz CT molecular complexity index is 2500. The lowest BCUT2D eigenvalue weighted by atomic mass is 9.78. The Morgan fingerprint density at radius 2 is 1.65 bits per heavy atom. The summed E-state index contributed by atoms with van der Waals surface area (Å²) >= 11 is 0. The molecule has 332 valence electrons. The first kappa shape index (κ1) is 41.0. The highest BCUT2D eigenvalue weighted by Crippen LogP contribution is 2.48. The molecule has 0 spiro atoms. The number of hydrogen-bond donors (Lipinski definition) is 2. The number of benzene rings is 1. The summed E-state index contributed by atoms with van der Waals surface area (Å²) in [5.74, 6) is 2.41. The highest BCUT2D eigenvalue weighted by atomic mass is 16.6. The van der Waals surface area contributed by atoms with Gasteiger partial charge in [-0.3, -0.25) is 9.69 Å². The zero-order chi connectivity index (χ0) is 43.6.